The number of amides is 1. The van der Waals surface area contributed by atoms with Crippen LogP contribution in [-0.2, 0) is 17.1 Å². The summed E-state index contributed by atoms with van der Waals surface area (Å²) in [6, 6.07) is 5.99. The maximum absolute atomic E-state index is 12.2. The van der Waals surface area contributed by atoms with Gasteiger partial charge in [0.05, 0.1) is 4.90 Å². The fraction of sp³-hybridized carbons (Fsp3) is 0.286. The Labute approximate surface area is 132 Å². The molecule has 1 heterocycles. The van der Waals surface area contributed by atoms with Crippen molar-refractivity contribution in [1.29, 1.82) is 0 Å². The van der Waals surface area contributed by atoms with Crippen molar-refractivity contribution in [2.24, 2.45) is 12.0 Å². The Bertz CT molecular complexity index is 876. The molecule has 6 nitrogen and oxygen atoms in total. The van der Waals surface area contributed by atoms with Gasteiger partial charge in [0.25, 0.3) is 5.91 Å². The van der Waals surface area contributed by atoms with Crippen LogP contribution in [0.5, 0.6) is 0 Å². The van der Waals surface area contributed by atoms with Gasteiger partial charge in [-0.2, -0.15) is 4.99 Å². The number of aromatic nitrogens is 1. The van der Waals surface area contributed by atoms with Crippen LogP contribution in [0.4, 0.5) is 0 Å². The molecular weight excluding hydrogens is 322 g/mol. The summed E-state index contributed by atoms with van der Waals surface area (Å²) < 4.78 is 28.7. The van der Waals surface area contributed by atoms with Gasteiger partial charge in [-0.1, -0.05) is 6.07 Å². The van der Waals surface area contributed by atoms with E-state index in [4.69, 9.17) is 0 Å². The van der Waals surface area contributed by atoms with Crippen molar-refractivity contribution >= 4 is 27.3 Å². The molecule has 0 radical (unpaired) electrons. The lowest BCUT2D eigenvalue weighted by molar-refractivity contribution is 0.0997. The fourth-order valence-corrected chi connectivity index (χ4v) is 3.95. The molecule has 1 saturated carbocycles. The number of thiazole rings is 1. The van der Waals surface area contributed by atoms with Crippen molar-refractivity contribution < 1.29 is 13.2 Å². The first-order valence-corrected chi connectivity index (χ1v) is 9.13. The lowest BCUT2D eigenvalue weighted by Gasteiger charge is -2.06. The lowest BCUT2D eigenvalue weighted by atomic mass is 10.2. The minimum atomic E-state index is -3.57. The molecule has 3 rings (SSSR count). The second-order valence-corrected chi connectivity index (χ2v) is 7.72. The second-order valence-electron chi connectivity index (χ2n) is 5.14. The van der Waals surface area contributed by atoms with E-state index in [2.05, 4.69) is 9.71 Å². The van der Waals surface area contributed by atoms with E-state index in [0.29, 0.717) is 4.80 Å². The summed E-state index contributed by atoms with van der Waals surface area (Å²) in [7, 11) is -1.78. The summed E-state index contributed by atoms with van der Waals surface area (Å²) in [6.07, 6.45) is 3.53. The van der Waals surface area contributed by atoms with Crippen molar-refractivity contribution in [1.82, 2.24) is 9.29 Å². The summed E-state index contributed by atoms with van der Waals surface area (Å²) in [5.41, 5.74) is 0.257. The average Bonchev–Trinajstić information content (AvgIpc) is 3.20. The number of nitrogens with one attached hydrogen (secondary N) is 1. The maximum atomic E-state index is 12.2. The van der Waals surface area contributed by atoms with E-state index in [0.717, 1.165) is 12.8 Å². The van der Waals surface area contributed by atoms with E-state index in [1.165, 1.54) is 23.5 Å². The van der Waals surface area contributed by atoms with Crippen molar-refractivity contribution in [3.05, 3.63) is 46.2 Å². The van der Waals surface area contributed by atoms with E-state index in [1.807, 2.05) is 5.38 Å². The average molecular weight is 337 g/mol. The summed E-state index contributed by atoms with van der Waals surface area (Å²) in [6.45, 7) is 0. The van der Waals surface area contributed by atoms with Crippen LogP contribution in [0.25, 0.3) is 0 Å². The number of rotatable bonds is 4. The fourth-order valence-electron chi connectivity index (χ4n) is 1.87. The van der Waals surface area contributed by atoms with Crippen LogP contribution in [0.2, 0.25) is 0 Å². The maximum Gasteiger partial charge on any atom is 0.279 e. The first-order chi connectivity index (χ1) is 10.5. The molecule has 1 N–H and O–H groups in total. The lowest BCUT2D eigenvalue weighted by Crippen LogP contribution is -2.25. The third-order valence-corrected chi connectivity index (χ3v) is 5.61. The molecular formula is C14H15N3O3S2. The number of sulfonamides is 1. The van der Waals surface area contributed by atoms with E-state index in [1.54, 1.807) is 29.9 Å². The summed E-state index contributed by atoms with van der Waals surface area (Å²) >= 11 is 1.34. The van der Waals surface area contributed by atoms with E-state index >= 15 is 0 Å². The summed E-state index contributed by atoms with van der Waals surface area (Å²) in [4.78, 5) is 16.9. The number of nitrogens with zero attached hydrogens (tertiary/aromatic N) is 2. The molecule has 1 aromatic heterocycles. The van der Waals surface area contributed by atoms with E-state index in [9.17, 15) is 13.2 Å². The van der Waals surface area contributed by atoms with Gasteiger partial charge in [-0.3, -0.25) is 4.79 Å². The molecule has 2 aromatic rings. The van der Waals surface area contributed by atoms with Crippen LogP contribution in [0.1, 0.15) is 23.2 Å². The predicted molar refractivity (Wildman–Crippen MR) is 83.0 cm³/mol. The Morgan fingerprint density at radius 1 is 1.41 bits per heavy atom. The van der Waals surface area contributed by atoms with Crippen molar-refractivity contribution in [3.63, 3.8) is 0 Å². The molecule has 0 spiro atoms. The van der Waals surface area contributed by atoms with Crippen molar-refractivity contribution in [2.75, 3.05) is 0 Å². The van der Waals surface area contributed by atoms with Gasteiger partial charge in [-0.05, 0) is 31.0 Å². The monoisotopic (exact) mass is 337 g/mol. The zero-order chi connectivity index (χ0) is 15.7. The summed E-state index contributed by atoms with van der Waals surface area (Å²) in [5.74, 6) is -0.457. The van der Waals surface area contributed by atoms with Crippen LogP contribution in [0.15, 0.2) is 45.7 Å². The van der Waals surface area contributed by atoms with Crippen LogP contribution >= 0.6 is 11.3 Å². The largest absolute Gasteiger partial charge is 0.327 e. The summed E-state index contributed by atoms with van der Waals surface area (Å²) in [5, 5.41) is 1.83. The first kappa shape index (κ1) is 15.1. The molecule has 1 aliphatic rings. The van der Waals surface area contributed by atoms with Crippen molar-refractivity contribution in [2.45, 2.75) is 23.8 Å². The van der Waals surface area contributed by atoms with Gasteiger partial charge < -0.3 is 4.57 Å². The molecule has 1 aromatic carbocycles. The van der Waals surface area contributed by atoms with E-state index < -0.39 is 15.9 Å². The van der Waals surface area contributed by atoms with Gasteiger partial charge >= 0.3 is 0 Å². The highest BCUT2D eigenvalue weighted by atomic mass is 32.2. The second kappa shape index (κ2) is 5.79. The van der Waals surface area contributed by atoms with Crippen LogP contribution in [0, 0.1) is 0 Å². The molecule has 0 saturated heterocycles. The molecule has 1 fully saturated rings. The Balaban J connectivity index is 1.91. The van der Waals surface area contributed by atoms with Crippen LogP contribution in [-0.4, -0.2) is 24.9 Å². The standard InChI is InChI=1S/C14H15N3O3S2/c1-17-7-8-21-14(17)15-13(18)10-3-2-4-12(9-10)22(19,20)16-11-5-6-11/h2-4,7-9,11,16H,5-6H2,1H3. The zero-order valence-corrected chi connectivity index (χ0v) is 13.5. The predicted octanol–water partition coefficient (Wildman–Crippen LogP) is 1.27. The molecule has 0 atom stereocenters. The van der Waals surface area contributed by atoms with Gasteiger partial charge in [0.2, 0.25) is 10.0 Å². The van der Waals surface area contributed by atoms with Gasteiger partial charge in [0.15, 0.2) is 4.80 Å². The van der Waals surface area contributed by atoms with Gasteiger partial charge in [0, 0.05) is 30.2 Å². The Morgan fingerprint density at radius 2 is 2.18 bits per heavy atom. The highest BCUT2D eigenvalue weighted by Crippen LogP contribution is 2.22. The van der Waals surface area contributed by atoms with Gasteiger partial charge in [-0.15, -0.1) is 11.3 Å². The van der Waals surface area contributed by atoms with Gasteiger partial charge in [0.1, 0.15) is 0 Å². The van der Waals surface area contributed by atoms with Crippen molar-refractivity contribution in [3.8, 4) is 0 Å². The first-order valence-electron chi connectivity index (χ1n) is 6.77. The topological polar surface area (TPSA) is 80.5 Å². The Hall–Kier alpha value is -1.77. The van der Waals surface area contributed by atoms with Gasteiger partial charge in [-0.25, -0.2) is 13.1 Å². The van der Waals surface area contributed by atoms with E-state index in [-0.39, 0.29) is 16.5 Å². The zero-order valence-electron chi connectivity index (χ0n) is 11.9. The molecule has 0 aliphatic heterocycles. The Morgan fingerprint density at radius 3 is 2.82 bits per heavy atom. The minimum absolute atomic E-state index is 0.0270. The molecule has 8 heteroatoms. The number of benzene rings is 1. The number of carbonyl (C=O) groups excluding carboxylic acids is 1. The number of carbonyl (C=O) groups is 1. The quantitative estimate of drug-likeness (QED) is 0.912. The number of aryl methyl sites for hydroxylation is 1. The third kappa shape index (κ3) is 3.34. The normalized spacial score (nSPS) is 16.0. The third-order valence-electron chi connectivity index (χ3n) is 3.25. The number of hydrogen-bond acceptors (Lipinski definition) is 4. The molecule has 116 valence electrons. The minimum Gasteiger partial charge on any atom is -0.327 e. The molecule has 0 bridgehead atoms. The SMILES string of the molecule is Cn1ccsc1=NC(=O)c1cccc(S(=O)(=O)NC2CC2)c1. The van der Waals surface area contributed by atoms with Crippen LogP contribution in [0.3, 0.4) is 0 Å². The van der Waals surface area contributed by atoms with Crippen LogP contribution < -0.4 is 9.52 Å². The molecule has 0 unspecified atom stereocenters. The molecule has 1 amide bonds. The smallest absolute Gasteiger partial charge is 0.279 e. The molecule has 22 heavy (non-hydrogen) atoms. The number of hydrogen-bond donors (Lipinski definition) is 1. The molecule has 1 aliphatic carbocycles. The Kier molecular flexibility index (Phi) is 3.98. The highest BCUT2D eigenvalue weighted by molar-refractivity contribution is 7.89. The highest BCUT2D eigenvalue weighted by Gasteiger charge is 2.28.